The Morgan fingerprint density at radius 1 is 1.17 bits per heavy atom. The quantitative estimate of drug-likeness (QED) is 0.768. The van der Waals surface area contributed by atoms with E-state index in [-0.39, 0.29) is 31.0 Å². The molecule has 2 aromatic rings. The molecule has 5 heteroatoms. The van der Waals surface area contributed by atoms with Gasteiger partial charge in [-0.1, -0.05) is 42.5 Å². The molecule has 1 amide bonds. The molecule has 0 aromatic heterocycles. The Morgan fingerprint density at radius 2 is 1.96 bits per heavy atom. The highest BCUT2D eigenvalue weighted by atomic mass is 16.5. The molecule has 0 saturated heterocycles. The minimum Gasteiger partial charge on any atom is -0.480 e. The number of carboxylic acid groups (broad SMARTS) is 1. The van der Waals surface area contributed by atoms with Gasteiger partial charge in [0.1, 0.15) is 6.61 Å². The summed E-state index contributed by atoms with van der Waals surface area (Å²) in [7, 11) is 0. The highest BCUT2D eigenvalue weighted by Gasteiger charge is 2.43. The Bertz CT molecular complexity index is 728. The van der Waals surface area contributed by atoms with Gasteiger partial charge in [0.15, 0.2) is 0 Å². The zero-order valence-electron chi connectivity index (χ0n) is 12.7. The molecular weight excluding hydrogens is 294 g/mol. The van der Waals surface area contributed by atoms with E-state index < -0.39 is 5.97 Å². The summed E-state index contributed by atoms with van der Waals surface area (Å²) < 4.78 is 4.89. The van der Waals surface area contributed by atoms with E-state index in [1.807, 2.05) is 12.1 Å². The monoisotopic (exact) mass is 313 g/mol. The molecule has 23 heavy (non-hydrogen) atoms. The van der Waals surface area contributed by atoms with Crippen molar-refractivity contribution in [3.63, 3.8) is 0 Å². The van der Waals surface area contributed by atoms with E-state index in [9.17, 15) is 9.59 Å². The zero-order valence-corrected chi connectivity index (χ0v) is 12.7. The number of carboxylic acids is 1. The predicted molar refractivity (Wildman–Crippen MR) is 86.3 cm³/mol. The van der Waals surface area contributed by atoms with Crippen molar-refractivity contribution in [2.45, 2.75) is 12.3 Å². The van der Waals surface area contributed by atoms with Gasteiger partial charge in [0.25, 0.3) is 0 Å². The van der Waals surface area contributed by atoms with Crippen molar-refractivity contribution in [2.24, 2.45) is 5.92 Å². The standard InChI is InChI=1S/C18H19NO4/c20-17(21)11-23-8-7-19-18(22)16-10-15(16)14-6-5-12-3-1-2-4-13(12)9-14/h1-6,9,15-16H,7-8,10-11H2,(H,19,22)(H,20,21). The maximum absolute atomic E-state index is 12.1. The second-order valence-corrected chi connectivity index (χ2v) is 5.79. The molecule has 0 aliphatic heterocycles. The first-order valence-electron chi connectivity index (χ1n) is 7.71. The largest absolute Gasteiger partial charge is 0.480 e. The fraction of sp³-hybridized carbons (Fsp3) is 0.333. The molecule has 2 unspecified atom stereocenters. The number of aliphatic carboxylic acids is 1. The number of carbonyl (C=O) groups excluding carboxylic acids is 1. The molecule has 120 valence electrons. The molecular formula is C18H19NO4. The number of carbonyl (C=O) groups is 2. The van der Waals surface area contributed by atoms with E-state index in [1.54, 1.807) is 0 Å². The molecule has 1 aliphatic carbocycles. The lowest BCUT2D eigenvalue weighted by atomic mass is 10.0. The minimum atomic E-state index is -1.00. The maximum atomic E-state index is 12.1. The molecule has 1 aliphatic rings. The van der Waals surface area contributed by atoms with E-state index in [0.717, 1.165) is 6.42 Å². The molecule has 0 spiro atoms. The van der Waals surface area contributed by atoms with E-state index >= 15 is 0 Å². The van der Waals surface area contributed by atoms with Crippen LogP contribution in [0.15, 0.2) is 42.5 Å². The van der Waals surface area contributed by atoms with Crippen LogP contribution in [0.2, 0.25) is 0 Å². The summed E-state index contributed by atoms with van der Waals surface area (Å²) in [4.78, 5) is 22.4. The number of ether oxygens (including phenoxy) is 1. The van der Waals surface area contributed by atoms with Crippen molar-refractivity contribution in [1.29, 1.82) is 0 Å². The van der Waals surface area contributed by atoms with Gasteiger partial charge in [-0.3, -0.25) is 4.79 Å². The van der Waals surface area contributed by atoms with Crippen LogP contribution in [-0.4, -0.2) is 36.7 Å². The molecule has 3 rings (SSSR count). The van der Waals surface area contributed by atoms with Crippen LogP contribution in [0.4, 0.5) is 0 Å². The Balaban J connectivity index is 1.50. The van der Waals surface area contributed by atoms with Crippen molar-refractivity contribution in [1.82, 2.24) is 5.32 Å². The third-order valence-corrected chi connectivity index (χ3v) is 4.10. The van der Waals surface area contributed by atoms with Crippen LogP contribution in [0.1, 0.15) is 17.9 Å². The molecule has 0 bridgehead atoms. The number of benzene rings is 2. The minimum absolute atomic E-state index is 0.00985. The van der Waals surface area contributed by atoms with Crippen LogP contribution in [0.5, 0.6) is 0 Å². The molecule has 1 fully saturated rings. The summed E-state index contributed by atoms with van der Waals surface area (Å²) >= 11 is 0. The van der Waals surface area contributed by atoms with E-state index in [0.29, 0.717) is 6.54 Å². The lowest BCUT2D eigenvalue weighted by Gasteiger charge is -2.06. The maximum Gasteiger partial charge on any atom is 0.329 e. The van der Waals surface area contributed by atoms with Gasteiger partial charge in [-0.2, -0.15) is 0 Å². The second-order valence-electron chi connectivity index (χ2n) is 5.79. The molecule has 2 atom stereocenters. The Kier molecular flexibility index (Phi) is 4.57. The fourth-order valence-corrected chi connectivity index (χ4v) is 2.83. The Hall–Kier alpha value is -2.40. The van der Waals surface area contributed by atoms with E-state index in [2.05, 4.69) is 35.6 Å². The van der Waals surface area contributed by atoms with Crippen LogP contribution in [-0.2, 0) is 14.3 Å². The first-order chi connectivity index (χ1) is 11.1. The molecule has 0 heterocycles. The lowest BCUT2D eigenvalue weighted by Crippen LogP contribution is -2.29. The zero-order chi connectivity index (χ0) is 16.2. The molecule has 1 saturated carbocycles. The highest BCUT2D eigenvalue weighted by molar-refractivity contribution is 5.85. The number of fused-ring (bicyclic) bond motifs is 1. The first-order valence-corrected chi connectivity index (χ1v) is 7.71. The second kappa shape index (κ2) is 6.79. The lowest BCUT2D eigenvalue weighted by molar-refractivity contribution is -0.142. The number of nitrogens with one attached hydrogen (secondary N) is 1. The molecule has 2 N–H and O–H groups in total. The molecule has 5 nitrogen and oxygen atoms in total. The van der Waals surface area contributed by atoms with Gasteiger partial charge < -0.3 is 15.2 Å². The number of amides is 1. The van der Waals surface area contributed by atoms with Crippen molar-refractivity contribution >= 4 is 22.6 Å². The van der Waals surface area contributed by atoms with Gasteiger partial charge in [0, 0.05) is 12.5 Å². The van der Waals surface area contributed by atoms with Crippen LogP contribution >= 0.6 is 0 Å². The Labute approximate surface area is 134 Å². The third-order valence-electron chi connectivity index (χ3n) is 4.10. The number of hydrogen-bond donors (Lipinski definition) is 2. The summed E-state index contributed by atoms with van der Waals surface area (Å²) in [6.45, 7) is 0.220. The van der Waals surface area contributed by atoms with Gasteiger partial charge in [-0.15, -0.1) is 0 Å². The van der Waals surface area contributed by atoms with Gasteiger partial charge in [-0.25, -0.2) is 4.79 Å². The van der Waals surface area contributed by atoms with Crippen LogP contribution < -0.4 is 5.32 Å². The van der Waals surface area contributed by atoms with Gasteiger partial charge in [0.2, 0.25) is 5.91 Å². The molecule has 0 radical (unpaired) electrons. The van der Waals surface area contributed by atoms with Crippen LogP contribution in [0, 0.1) is 5.92 Å². The average molecular weight is 313 g/mol. The van der Waals surface area contributed by atoms with Crippen LogP contribution in [0.25, 0.3) is 10.8 Å². The summed E-state index contributed by atoms with van der Waals surface area (Å²) in [5.41, 5.74) is 1.20. The summed E-state index contributed by atoms with van der Waals surface area (Å²) in [6.07, 6.45) is 0.861. The van der Waals surface area contributed by atoms with Gasteiger partial charge in [-0.05, 0) is 28.7 Å². The van der Waals surface area contributed by atoms with Crippen molar-refractivity contribution < 1.29 is 19.4 Å². The van der Waals surface area contributed by atoms with Gasteiger partial charge >= 0.3 is 5.97 Å². The highest BCUT2D eigenvalue weighted by Crippen LogP contribution is 2.48. The fourth-order valence-electron chi connectivity index (χ4n) is 2.83. The first kappa shape index (κ1) is 15.5. The smallest absolute Gasteiger partial charge is 0.329 e. The van der Waals surface area contributed by atoms with E-state index in [4.69, 9.17) is 9.84 Å². The number of rotatable bonds is 7. The van der Waals surface area contributed by atoms with Gasteiger partial charge in [0.05, 0.1) is 6.61 Å². The summed E-state index contributed by atoms with van der Waals surface area (Å²) in [5.74, 6) is -0.702. The van der Waals surface area contributed by atoms with Crippen molar-refractivity contribution in [2.75, 3.05) is 19.8 Å². The summed E-state index contributed by atoms with van der Waals surface area (Å²) in [5, 5.41) is 13.6. The SMILES string of the molecule is O=C(O)COCCNC(=O)C1CC1c1ccc2ccccc2c1. The third kappa shape index (κ3) is 3.87. The topological polar surface area (TPSA) is 75.6 Å². The predicted octanol–water partition coefficient (Wildman–Crippen LogP) is 2.16. The normalized spacial score (nSPS) is 19.5. The molecule has 2 aromatic carbocycles. The number of hydrogen-bond acceptors (Lipinski definition) is 3. The van der Waals surface area contributed by atoms with E-state index in [1.165, 1.54) is 16.3 Å². The average Bonchev–Trinajstić information content (AvgIpc) is 3.34. The van der Waals surface area contributed by atoms with Crippen LogP contribution in [0.3, 0.4) is 0 Å². The summed E-state index contributed by atoms with van der Waals surface area (Å²) in [6, 6.07) is 14.5. The van der Waals surface area contributed by atoms with Crippen molar-refractivity contribution in [3.8, 4) is 0 Å². The Morgan fingerprint density at radius 3 is 2.74 bits per heavy atom. The van der Waals surface area contributed by atoms with Crippen molar-refractivity contribution in [3.05, 3.63) is 48.0 Å².